The molecule has 0 spiro atoms. The van der Waals surface area contributed by atoms with Crippen molar-refractivity contribution in [2.45, 2.75) is 27.2 Å². The van der Waals surface area contributed by atoms with Crippen LogP contribution in [0.25, 0.3) is 0 Å². The van der Waals surface area contributed by atoms with E-state index in [1.165, 1.54) is 0 Å². The maximum Gasteiger partial charge on any atom is 0.0990 e. The van der Waals surface area contributed by atoms with Crippen LogP contribution in [0.5, 0.6) is 0 Å². The summed E-state index contributed by atoms with van der Waals surface area (Å²) >= 11 is 0. The maximum atomic E-state index is 8.60. The number of allylic oxidation sites excluding steroid dienone is 4. The standard InChI is InChI=1S/C9H13N/c1-4-6-9(7-10)8(3)5-2/h4,6H,5H2,1-3H3/b6-4-,9-8-. The van der Waals surface area contributed by atoms with Crippen LogP contribution < -0.4 is 0 Å². The Hall–Kier alpha value is -1.03. The van der Waals surface area contributed by atoms with Crippen LogP contribution in [-0.2, 0) is 0 Å². The molecule has 0 fully saturated rings. The maximum absolute atomic E-state index is 8.60. The van der Waals surface area contributed by atoms with Gasteiger partial charge in [0.15, 0.2) is 0 Å². The van der Waals surface area contributed by atoms with Crippen LogP contribution >= 0.6 is 0 Å². The van der Waals surface area contributed by atoms with Crippen LogP contribution in [0.15, 0.2) is 23.3 Å². The Morgan fingerprint density at radius 3 is 2.50 bits per heavy atom. The van der Waals surface area contributed by atoms with Gasteiger partial charge >= 0.3 is 0 Å². The Labute approximate surface area is 62.7 Å². The van der Waals surface area contributed by atoms with Crippen LogP contribution in [0, 0.1) is 11.3 Å². The van der Waals surface area contributed by atoms with Gasteiger partial charge in [0.05, 0.1) is 11.6 Å². The SMILES string of the molecule is C/C=C\C(C#N)=C(/C)CC. The molecular formula is C9H13N. The Morgan fingerprint density at radius 1 is 1.60 bits per heavy atom. The van der Waals surface area contributed by atoms with Crippen LogP contribution in [-0.4, -0.2) is 0 Å². The minimum atomic E-state index is 0.796. The van der Waals surface area contributed by atoms with Crippen molar-refractivity contribution in [1.29, 1.82) is 5.26 Å². The summed E-state index contributed by atoms with van der Waals surface area (Å²) in [7, 11) is 0. The summed E-state index contributed by atoms with van der Waals surface area (Å²) in [6.07, 6.45) is 4.68. The number of nitrogens with zero attached hydrogens (tertiary/aromatic N) is 1. The lowest BCUT2D eigenvalue weighted by molar-refractivity contribution is 1.08. The second-order valence-electron chi connectivity index (χ2n) is 2.16. The highest BCUT2D eigenvalue weighted by Gasteiger charge is 1.92. The first-order valence-electron chi connectivity index (χ1n) is 3.48. The molecule has 54 valence electrons. The van der Waals surface area contributed by atoms with Crippen LogP contribution in [0.2, 0.25) is 0 Å². The summed E-state index contributed by atoms with van der Waals surface area (Å²) in [6.45, 7) is 5.95. The average molecular weight is 135 g/mol. The Bertz CT molecular complexity index is 191. The van der Waals surface area contributed by atoms with E-state index in [1.54, 1.807) is 0 Å². The lowest BCUT2D eigenvalue weighted by atomic mass is 10.1. The molecule has 0 rings (SSSR count). The number of rotatable bonds is 2. The fourth-order valence-electron chi connectivity index (χ4n) is 0.632. The largest absolute Gasteiger partial charge is 0.192 e. The second-order valence-corrected chi connectivity index (χ2v) is 2.16. The van der Waals surface area contributed by atoms with E-state index in [2.05, 4.69) is 13.0 Å². The highest BCUT2D eigenvalue weighted by atomic mass is 14.2. The van der Waals surface area contributed by atoms with E-state index in [4.69, 9.17) is 5.26 Å². The van der Waals surface area contributed by atoms with Gasteiger partial charge in [-0.25, -0.2) is 0 Å². The first-order chi connectivity index (χ1) is 4.76. The molecule has 1 nitrogen and oxygen atoms in total. The quantitative estimate of drug-likeness (QED) is 0.422. The molecule has 0 atom stereocenters. The van der Waals surface area contributed by atoms with Crippen molar-refractivity contribution in [2.75, 3.05) is 0 Å². The van der Waals surface area contributed by atoms with E-state index < -0.39 is 0 Å². The number of hydrogen-bond acceptors (Lipinski definition) is 1. The van der Waals surface area contributed by atoms with Gasteiger partial charge < -0.3 is 0 Å². The van der Waals surface area contributed by atoms with Gasteiger partial charge in [-0.15, -0.1) is 0 Å². The van der Waals surface area contributed by atoms with Crippen molar-refractivity contribution < 1.29 is 0 Å². The van der Waals surface area contributed by atoms with Crippen molar-refractivity contribution in [3.63, 3.8) is 0 Å². The predicted molar refractivity (Wildman–Crippen MR) is 43.4 cm³/mol. The lowest BCUT2D eigenvalue weighted by Gasteiger charge is -1.94. The first kappa shape index (κ1) is 8.97. The van der Waals surface area contributed by atoms with E-state index in [0.29, 0.717) is 0 Å². The molecule has 0 aromatic carbocycles. The third-order valence-corrected chi connectivity index (χ3v) is 1.44. The molecule has 0 heterocycles. The molecule has 0 saturated carbocycles. The van der Waals surface area contributed by atoms with Crippen molar-refractivity contribution in [3.8, 4) is 6.07 Å². The van der Waals surface area contributed by atoms with Crippen LogP contribution in [0.4, 0.5) is 0 Å². The lowest BCUT2D eigenvalue weighted by Crippen LogP contribution is -1.79. The molecule has 1 heteroatoms. The molecule has 0 amide bonds. The van der Waals surface area contributed by atoms with Gasteiger partial charge in [0.1, 0.15) is 0 Å². The predicted octanol–water partition coefficient (Wildman–Crippen LogP) is 2.81. The van der Waals surface area contributed by atoms with Gasteiger partial charge in [-0.05, 0) is 26.3 Å². The van der Waals surface area contributed by atoms with Gasteiger partial charge in [0.25, 0.3) is 0 Å². The zero-order valence-corrected chi connectivity index (χ0v) is 6.81. The van der Waals surface area contributed by atoms with Crippen molar-refractivity contribution >= 4 is 0 Å². The minimum Gasteiger partial charge on any atom is -0.192 e. The normalized spacial score (nSPS) is 13.0. The molecule has 0 N–H and O–H groups in total. The van der Waals surface area contributed by atoms with E-state index >= 15 is 0 Å². The molecular weight excluding hydrogens is 122 g/mol. The molecule has 0 radical (unpaired) electrons. The monoisotopic (exact) mass is 135 g/mol. The summed E-state index contributed by atoms with van der Waals surface area (Å²) < 4.78 is 0. The number of hydrogen-bond donors (Lipinski definition) is 0. The first-order valence-corrected chi connectivity index (χ1v) is 3.48. The molecule has 0 aromatic rings. The van der Waals surface area contributed by atoms with Gasteiger partial charge in [0.2, 0.25) is 0 Å². The summed E-state index contributed by atoms with van der Waals surface area (Å²) in [5.74, 6) is 0. The molecule has 0 aliphatic heterocycles. The zero-order chi connectivity index (χ0) is 7.98. The molecule has 0 bridgehead atoms. The third kappa shape index (κ3) is 2.50. The molecule has 0 saturated heterocycles. The topological polar surface area (TPSA) is 23.8 Å². The van der Waals surface area contributed by atoms with Gasteiger partial charge in [-0.2, -0.15) is 5.26 Å². The molecule has 0 aromatic heterocycles. The summed E-state index contributed by atoms with van der Waals surface area (Å²) in [6, 6.07) is 2.15. The van der Waals surface area contributed by atoms with E-state index in [0.717, 1.165) is 17.6 Å². The zero-order valence-electron chi connectivity index (χ0n) is 6.81. The summed E-state index contributed by atoms with van der Waals surface area (Å²) in [5, 5.41) is 8.60. The molecule has 10 heavy (non-hydrogen) atoms. The molecule has 0 aliphatic carbocycles. The minimum absolute atomic E-state index is 0.796. The summed E-state index contributed by atoms with van der Waals surface area (Å²) in [5.41, 5.74) is 1.95. The smallest absolute Gasteiger partial charge is 0.0990 e. The Balaban J connectivity index is 4.50. The van der Waals surface area contributed by atoms with Crippen molar-refractivity contribution in [2.24, 2.45) is 0 Å². The van der Waals surface area contributed by atoms with E-state index in [9.17, 15) is 0 Å². The van der Waals surface area contributed by atoms with E-state index in [1.807, 2.05) is 26.0 Å². The van der Waals surface area contributed by atoms with Crippen molar-refractivity contribution in [1.82, 2.24) is 0 Å². The Morgan fingerprint density at radius 2 is 2.20 bits per heavy atom. The number of nitriles is 1. The van der Waals surface area contributed by atoms with E-state index in [-0.39, 0.29) is 0 Å². The highest BCUT2D eigenvalue weighted by Crippen LogP contribution is 2.07. The van der Waals surface area contributed by atoms with Crippen LogP contribution in [0.3, 0.4) is 0 Å². The molecule has 0 unspecified atom stereocenters. The van der Waals surface area contributed by atoms with Crippen LogP contribution in [0.1, 0.15) is 27.2 Å². The average Bonchev–Trinajstić information content (AvgIpc) is 1.99. The summed E-state index contributed by atoms with van der Waals surface area (Å²) in [4.78, 5) is 0. The van der Waals surface area contributed by atoms with Gasteiger partial charge in [0, 0.05) is 0 Å². The third-order valence-electron chi connectivity index (χ3n) is 1.44. The van der Waals surface area contributed by atoms with Gasteiger partial charge in [-0.3, -0.25) is 0 Å². The van der Waals surface area contributed by atoms with Gasteiger partial charge in [-0.1, -0.05) is 18.6 Å². The Kier molecular flexibility index (Phi) is 4.32. The fraction of sp³-hybridized carbons (Fsp3) is 0.444. The fourth-order valence-corrected chi connectivity index (χ4v) is 0.632. The van der Waals surface area contributed by atoms with Crippen molar-refractivity contribution in [3.05, 3.63) is 23.3 Å². The highest BCUT2D eigenvalue weighted by molar-refractivity contribution is 5.36. The molecule has 0 aliphatic rings. The second kappa shape index (κ2) is 4.81.